The van der Waals surface area contributed by atoms with E-state index in [4.69, 9.17) is 48.8 Å². The Labute approximate surface area is 354 Å². The van der Waals surface area contributed by atoms with Gasteiger partial charge in [-0.3, -0.25) is 17.8 Å². The molecule has 0 radical (unpaired) electrons. The molecule has 0 saturated carbocycles. The van der Waals surface area contributed by atoms with Crippen LogP contribution >= 0.6 is 0 Å². The highest BCUT2D eigenvalue weighted by Gasteiger charge is 2.70. The minimum absolute atomic E-state index is 0.299. The van der Waals surface area contributed by atoms with E-state index in [1.807, 2.05) is 120 Å². The lowest BCUT2D eigenvalue weighted by atomic mass is 9.97. The van der Waals surface area contributed by atoms with E-state index >= 15 is 0 Å². The lowest BCUT2D eigenvalue weighted by Crippen LogP contribution is -2.59. The van der Waals surface area contributed by atoms with Crippen LogP contribution in [0.5, 0.6) is 0 Å². The number of aliphatic hydroxyl groups is 2. The first kappa shape index (κ1) is 52.6. The van der Waals surface area contributed by atoms with Crippen LogP contribution in [0.4, 0.5) is 0 Å². The minimum Gasteiger partial charge on any atom is -0.391 e. The highest BCUT2D eigenvalue weighted by molar-refractivity contribution is 6.77. The first-order valence-electron chi connectivity index (χ1n) is 19.9. The normalized spacial score (nSPS) is 31.9. The molecule has 15 nitrogen and oxygen atoms in total. The molecule has 0 amide bonds. The molecule has 3 aromatic carbocycles. The van der Waals surface area contributed by atoms with E-state index in [1.54, 1.807) is 13.8 Å². The molecule has 4 fully saturated rings. The van der Waals surface area contributed by atoms with Gasteiger partial charge in [0.05, 0.1) is 24.4 Å². The number of hydrogen-bond acceptors (Lipinski definition) is 15. The standard InChI is InChI=1S/C22H28O7Si2.C13H20O4Si.2C2H6.2O2Si/c1-4-16-10-12-17(13-11-16)30(24)25-15(3)20(26-30)22-21-19(14(2)23)27-31(28-21,29-22)18-8-6-5-7-9-18;1-4-11-5-7-12(8-6-11)18(15)16-10(3)13(17-18)9(2)14;2*1-2;2*1-3-2/h5-15,19-24H,4H2,1-3H3;5-10,13-15H,4H2,1-3H3;2*1-2H3;;. The first-order chi connectivity index (χ1) is 28.1. The van der Waals surface area contributed by atoms with Gasteiger partial charge in [-0.2, -0.15) is 0 Å². The Hall–Kier alpha value is -2.50. The summed E-state index contributed by atoms with van der Waals surface area (Å²) in [5, 5.41) is 22.1. The van der Waals surface area contributed by atoms with Gasteiger partial charge in [-0.15, -0.1) is 0 Å². The van der Waals surface area contributed by atoms with E-state index in [9.17, 15) is 19.8 Å². The van der Waals surface area contributed by atoms with Crippen LogP contribution in [0.2, 0.25) is 0 Å². The quantitative estimate of drug-likeness (QED) is 0.238. The maximum atomic E-state index is 11.3. The second-order valence-corrected chi connectivity index (χ2v) is 20.5. The van der Waals surface area contributed by atoms with E-state index in [2.05, 4.69) is 13.8 Å². The van der Waals surface area contributed by atoms with Gasteiger partial charge >= 0.3 is 45.0 Å². The third kappa shape index (κ3) is 13.0. The Bertz CT molecular complexity index is 1740. The van der Waals surface area contributed by atoms with Crippen molar-refractivity contribution in [3.05, 3.63) is 90.0 Å². The minimum atomic E-state index is -3.60. The fourth-order valence-corrected chi connectivity index (χ4v) is 14.5. The third-order valence-electron chi connectivity index (χ3n) is 9.59. The van der Waals surface area contributed by atoms with Crippen LogP contribution in [0.1, 0.15) is 80.4 Å². The fourth-order valence-electron chi connectivity index (χ4n) is 6.80. The molecule has 0 spiro atoms. The summed E-state index contributed by atoms with van der Waals surface area (Å²) in [7, 11) is -13.0. The van der Waals surface area contributed by atoms with Crippen LogP contribution in [0.3, 0.4) is 0 Å². The van der Waals surface area contributed by atoms with Crippen LogP contribution in [0.15, 0.2) is 78.9 Å². The van der Waals surface area contributed by atoms with Gasteiger partial charge in [-0.05, 0) is 51.7 Å². The van der Waals surface area contributed by atoms with Gasteiger partial charge in [0.2, 0.25) is 0 Å². The molecule has 4 aliphatic rings. The van der Waals surface area contributed by atoms with Gasteiger partial charge in [0.1, 0.15) is 30.5 Å². The van der Waals surface area contributed by atoms with Gasteiger partial charge in [0.15, 0.2) is 0 Å². The molecule has 4 saturated heterocycles. The zero-order chi connectivity index (χ0) is 44.6. The summed E-state index contributed by atoms with van der Waals surface area (Å²) in [5.74, 6) is 0. The number of fused-ring (bicyclic) bond motifs is 2. The lowest BCUT2D eigenvalue weighted by Gasteiger charge is -2.35. The van der Waals surface area contributed by atoms with E-state index in [-0.39, 0.29) is 6.10 Å². The molecule has 0 aliphatic carbocycles. The van der Waals surface area contributed by atoms with E-state index in [1.165, 1.54) is 11.1 Å². The zero-order valence-corrected chi connectivity index (χ0v) is 40.4. The molecular weight excluding hydrogens is 849 g/mol. The Kier molecular flexibility index (Phi) is 22.1. The van der Waals surface area contributed by atoms with Crippen LogP contribution < -0.4 is 15.6 Å². The summed E-state index contributed by atoms with van der Waals surface area (Å²) in [6, 6.07) is 24.9. The van der Waals surface area contributed by atoms with E-state index in [0.717, 1.165) is 18.0 Å². The van der Waals surface area contributed by atoms with Crippen LogP contribution in [-0.2, 0) is 61.7 Å². The van der Waals surface area contributed by atoms with Crippen molar-refractivity contribution >= 4 is 60.6 Å². The molecule has 12 unspecified atom stereocenters. The molecule has 59 heavy (non-hydrogen) atoms. The van der Waals surface area contributed by atoms with Crippen molar-refractivity contribution in [1.29, 1.82) is 0 Å². The Morgan fingerprint density at radius 2 is 0.932 bits per heavy atom. The van der Waals surface area contributed by atoms with Crippen molar-refractivity contribution in [3.8, 4) is 0 Å². The Balaban J connectivity index is 0.000000364. The van der Waals surface area contributed by atoms with Crippen LogP contribution in [-0.4, -0.2) is 120 Å². The van der Waals surface area contributed by atoms with E-state index in [0.29, 0.717) is 10.4 Å². The molecule has 7 rings (SSSR count). The summed E-state index contributed by atoms with van der Waals surface area (Å²) >= 11 is 0. The Morgan fingerprint density at radius 3 is 1.34 bits per heavy atom. The first-order valence-corrected chi connectivity index (χ1v) is 26.8. The molecule has 3 aromatic rings. The third-order valence-corrected chi connectivity index (χ3v) is 17.1. The summed E-state index contributed by atoms with van der Waals surface area (Å²) in [6.07, 6.45) is -2.74. The monoisotopic (exact) mass is 908 g/mol. The van der Waals surface area contributed by atoms with E-state index < -0.39 is 93.8 Å². The highest BCUT2D eigenvalue weighted by Crippen LogP contribution is 2.43. The molecule has 326 valence electrons. The summed E-state index contributed by atoms with van der Waals surface area (Å²) in [4.78, 5) is 21.8. The largest absolute Gasteiger partial charge is 0.549 e. The molecule has 12 atom stereocenters. The van der Waals surface area contributed by atoms with Crippen molar-refractivity contribution in [1.82, 2.24) is 0 Å². The second-order valence-electron chi connectivity index (χ2n) is 13.4. The molecule has 4 aliphatic heterocycles. The lowest BCUT2D eigenvalue weighted by molar-refractivity contribution is -0.0741. The predicted octanol–water partition coefficient (Wildman–Crippen LogP) is 1.99. The Morgan fingerprint density at radius 1 is 0.525 bits per heavy atom. The second kappa shape index (κ2) is 24.8. The van der Waals surface area contributed by atoms with Gasteiger partial charge in [0, 0.05) is 15.6 Å². The predicted molar refractivity (Wildman–Crippen MR) is 224 cm³/mol. The number of rotatable bonds is 8. The van der Waals surface area contributed by atoms with Gasteiger partial charge in [-0.1, -0.05) is 120 Å². The maximum absolute atomic E-state index is 11.3. The number of aliphatic hydroxyl groups excluding tert-OH is 2. The summed E-state index contributed by atoms with van der Waals surface area (Å²) in [5.41, 5.74) is 2.39. The van der Waals surface area contributed by atoms with Gasteiger partial charge < -0.3 is 50.8 Å². The molecule has 4 heterocycles. The molecule has 0 aromatic heterocycles. The molecule has 4 N–H and O–H groups in total. The fraction of sp³-hybridized carbons (Fsp3) is 0.538. The van der Waals surface area contributed by atoms with Gasteiger partial charge in [0.25, 0.3) is 0 Å². The maximum Gasteiger partial charge on any atom is 0.549 e. The average molecular weight is 909 g/mol. The summed E-state index contributed by atoms with van der Waals surface area (Å²) < 4.78 is 76.0. The smallest absolute Gasteiger partial charge is 0.391 e. The average Bonchev–Trinajstić information content (AvgIpc) is 4.00. The van der Waals surface area contributed by atoms with Crippen molar-refractivity contribution < 1.29 is 68.6 Å². The van der Waals surface area contributed by atoms with Crippen LogP contribution in [0, 0.1) is 0 Å². The van der Waals surface area contributed by atoms with Crippen LogP contribution in [0.25, 0.3) is 0 Å². The topological polar surface area (TPSA) is 214 Å². The van der Waals surface area contributed by atoms with Crippen molar-refractivity contribution in [2.24, 2.45) is 0 Å². The van der Waals surface area contributed by atoms with Crippen molar-refractivity contribution in [3.63, 3.8) is 0 Å². The molecule has 2 bridgehead atoms. The highest BCUT2D eigenvalue weighted by atomic mass is 28.4. The molecular formula is C39H60O15Si5. The number of aryl methyl sites for hydroxylation is 2. The van der Waals surface area contributed by atoms with Crippen molar-refractivity contribution in [2.45, 2.75) is 137 Å². The zero-order valence-electron chi connectivity index (χ0n) is 35.4. The number of benzene rings is 3. The number of hydrogen-bond donors (Lipinski definition) is 4. The SMILES string of the molecule is CC.CC.CCc1ccc([Si]2(O)OC(C)C(C(C)O)O2)cc1.CCc1ccc([Si]2(O)OC(C)C(C3O[Si]4(c5ccccc5)OC(C(C)O)C3O4)O2)cc1.O=[Si]=O.O=[Si]=O. The molecule has 20 heteroatoms. The van der Waals surface area contributed by atoms with Crippen molar-refractivity contribution in [2.75, 3.05) is 0 Å². The van der Waals surface area contributed by atoms with Gasteiger partial charge in [-0.25, -0.2) is 0 Å². The summed E-state index contributed by atoms with van der Waals surface area (Å²) in [6.45, 7) is 19.2.